The minimum Gasteiger partial charge on any atom is -0.451 e. The number of anilines is 1. The minimum absolute atomic E-state index is 0.0363. The molecule has 0 aliphatic rings. The smallest absolute Gasteiger partial charge is 0.408 e. The van der Waals surface area contributed by atoms with Crippen LogP contribution in [0.3, 0.4) is 0 Å². The molecule has 2 N–H and O–H groups in total. The molecule has 2 amide bonds. The lowest BCUT2D eigenvalue weighted by atomic mass is 10.1. The van der Waals surface area contributed by atoms with Gasteiger partial charge in [0.25, 0.3) is 11.6 Å². The molecule has 10 nitrogen and oxygen atoms in total. The van der Waals surface area contributed by atoms with Crippen LogP contribution in [0.1, 0.15) is 26.3 Å². The number of hydrogen-bond donors (Lipinski definition) is 2. The highest BCUT2D eigenvalue weighted by atomic mass is 16.6. The lowest BCUT2D eigenvalue weighted by molar-refractivity contribution is -0.384. The summed E-state index contributed by atoms with van der Waals surface area (Å²) in [5, 5.41) is 15.8. The summed E-state index contributed by atoms with van der Waals surface area (Å²) in [6.07, 6.45) is -2.00. The van der Waals surface area contributed by atoms with Crippen molar-refractivity contribution in [3.8, 4) is 0 Å². The normalized spacial score (nSPS) is 12.4. The molecule has 0 aromatic heterocycles. The van der Waals surface area contributed by atoms with Crippen molar-refractivity contribution in [2.24, 2.45) is 5.92 Å². The first-order valence-electron chi connectivity index (χ1n) is 9.90. The number of alkyl carbamates (subject to hydrolysis) is 1. The highest BCUT2D eigenvalue weighted by Crippen LogP contribution is 2.17. The van der Waals surface area contributed by atoms with E-state index in [0.717, 1.165) is 5.56 Å². The molecule has 0 saturated heterocycles. The van der Waals surface area contributed by atoms with E-state index in [1.807, 2.05) is 18.2 Å². The Hall–Kier alpha value is -3.95. The highest BCUT2D eigenvalue weighted by molar-refractivity contribution is 5.95. The number of esters is 1. The summed E-state index contributed by atoms with van der Waals surface area (Å²) >= 11 is 0. The van der Waals surface area contributed by atoms with E-state index in [9.17, 15) is 24.5 Å². The number of ether oxygens (including phenoxy) is 2. The van der Waals surface area contributed by atoms with E-state index in [4.69, 9.17) is 9.47 Å². The second kappa shape index (κ2) is 11.4. The van der Waals surface area contributed by atoms with Gasteiger partial charge in [0.2, 0.25) is 0 Å². The molecule has 0 radical (unpaired) electrons. The van der Waals surface area contributed by atoms with Crippen molar-refractivity contribution in [1.82, 2.24) is 5.32 Å². The Bertz CT molecular complexity index is 963. The number of nitrogens with zero attached hydrogens (tertiary/aromatic N) is 1. The van der Waals surface area contributed by atoms with Gasteiger partial charge in [0, 0.05) is 17.8 Å². The van der Waals surface area contributed by atoms with Gasteiger partial charge in [0.1, 0.15) is 12.6 Å². The first kappa shape index (κ1) is 24.3. The minimum atomic E-state index is -1.20. The number of rotatable bonds is 9. The quantitative estimate of drug-likeness (QED) is 0.344. The van der Waals surface area contributed by atoms with Crippen LogP contribution in [0.4, 0.5) is 16.2 Å². The number of carbonyl (C=O) groups is 3. The lowest BCUT2D eigenvalue weighted by Crippen LogP contribution is -2.47. The van der Waals surface area contributed by atoms with Crippen LogP contribution in [-0.4, -0.2) is 35.0 Å². The predicted molar refractivity (Wildman–Crippen MR) is 116 cm³/mol. The van der Waals surface area contributed by atoms with Gasteiger partial charge in [-0.2, -0.15) is 0 Å². The molecule has 0 saturated carbocycles. The van der Waals surface area contributed by atoms with Crippen LogP contribution in [0.5, 0.6) is 0 Å². The summed E-state index contributed by atoms with van der Waals surface area (Å²) in [5.74, 6) is -1.81. The van der Waals surface area contributed by atoms with Crippen LogP contribution in [0, 0.1) is 16.0 Å². The number of hydrogen-bond acceptors (Lipinski definition) is 7. The van der Waals surface area contributed by atoms with Crippen molar-refractivity contribution in [3.05, 3.63) is 70.3 Å². The van der Waals surface area contributed by atoms with Crippen LogP contribution < -0.4 is 10.6 Å². The maximum Gasteiger partial charge on any atom is 0.408 e. The molecule has 0 aliphatic carbocycles. The molecule has 0 fully saturated rings. The second-order valence-electron chi connectivity index (χ2n) is 7.30. The molecule has 32 heavy (non-hydrogen) atoms. The molecule has 2 aromatic carbocycles. The van der Waals surface area contributed by atoms with Gasteiger partial charge in [-0.05, 0) is 24.5 Å². The largest absolute Gasteiger partial charge is 0.451 e. The molecule has 0 spiro atoms. The van der Waals surface area contributed by atoms with Gasteiger partial charge in [0.05, 0.1) is 4.92 Å². The van der Waals surface area contributed by atoms with E-state index in [0.29, 0.717) is 0 Å². The van der Waals surface area contributed by atoms with Gasteiger partial charge < -0.3 is 20.1 Å². The molecule has 2 rings (SSSR count). The Labute approximate surface area is 185 Å². The van der Waals surface area contributed by atoms with E-state index < -0.39 is 35.0 Å². The summed E-state index contributed by atoms with van der Waals surface area (Å²) < 4.78 is 10.3. The number of nitrogens with one attached hydrogen (secondary N) is 2. The monoisotopic (exact) mass is 443 g/mol. The number of non-ortho nitro benzene ring substituents is 1. The molecular weight excluding hydrogens is 418 g/mol. The van der Waals surface area contributed by atoms with E-state index in [1.165, 1.54) is 31.2 Å². The Morgan fingerprint density at radius 3 is 2.34 bits per heavy atom. The molecular formula is C22H25N3O7. The number of benzene rings is 2. The summed E-state index contributed by atoms with van der Waals surface area (Å²) in [6, 6.07) is 13.4. The fourth-order valence-corrected chi connectivity index (χ4v) is 2.63. The second-order valence-corrected chi connectivity index (χ2v) is 7.30. The zero-order chi connectivity index (χ0) is 23.7. The molecule has 0 bridgehead atoms. The average molecular weight is 443 g/mol. The van der Waals surface area contributed by atoms with Crippen molar-refractivity contribution in [2.75, 3.05) is 5.32 Å². The molecule has 170 valence electrons. The third kappa shape index (κ3) is 7.38. The lowest BCUT2D eigenvalue weighted by Gasteiger charge is -2.22. The molecule has 10 heteroatoms. The maximum atomic E-state index is 12.5. The van der Waals surface area contributed by atoms with Gasteiger partial charge in [-0.15, -0.1) is 0 Å². The van der Waals surface area contributed by atoms with Gasteiger partial charge in [-0.3, -0.25) is 14.9 Å². The van der Waals surface area contributed by atoms with Crippen LogP contribution in [0.2, 0.25) is 0 Å². The van der Waals surface area contributed by atoms with E-state index in [-0.39, 0.29) is 23.9 Å². The average Bonchev–Trinajstić information content (AvgIpc) is 2.76. The maximum absolute atomic E-state index is 12.5. The van der Waals surface area contributed by atoms with Gasteiger partial charge in [0.15, 0.2) is 6.10 Å². The van der Waals surface area contributed by atoms with E-state index in [2.05, 4.69) is 10.6 Å². The van der Waals surface area contributed by atoms with Crippen molar-refractivity contribution >= 4 is 29.3 Å². The summed E-state index contributed by atoms with van der Waals surface area (Å²) in [7, 11) is 0. The summed E-state index contributed by atoms with van der Waals surface area (Å²) in [5.41, 5.74) is 0.790. The van der Waals surface area contributed by atoms with Crippen molar-refractivity contribution in [3.63, 3.8) is 0 Å². The zero-order valence-corrected chi connectivity index (χ0v) is 17.9. The number of amides is 2. The van der Waals surface area contributed by atoms with Crippen molar-refractivity contribution in [1.29, 1.82) is 0 Å². The van der Waals surface area contributed by atoms with Crippen LogP contribution in [0.15, 0.2) is 54.6 Å². The highest BCUT2D eigenvalue weighted by Gasteiger charge is 2.29. The Balaban J connectivity index is 1.91. The molecule has 2 unspecified atom stereocenters. The van der Waals surface area contributed by atoms with Crippen molar-refractivity contribution < 1.29 is 28.8 Å². The predicted octanol–water partition coefficient (Wildman–Crippen LogP) is 3.42. The van der Waals surface area contributed by atoms with Gasteiger partial charge in [-0.1, -0.05) is 50.2 Å². The van der Waals surface area contributed by atoms with Crippen molar-refractivity contribution in [2.45, 2.75) is 39.5 Å². The topological polar surface area (TPSA) is 137 Å². The third-order valence-corrected chi connectivity index (χ3v) is 4.39. The van der Waals surface area contributed by atoms with Crippen LogP contribution in [-0.2, 0) is 25.7 Å². The number of nitro groups is 1. The van der Waals surface area contributed by atoms with Gasteiger partial charge in [-0.25, -0.2) is 9.59 Å². The molecule has 2 aromatic rings. The first-order valence-corrected chi connectivity index (χ1v) is 9.90. The molecule has 0 heterocycles. The Morgan fingerprint density at radius 1 is 1.03 bits per heavy atom. The standard InChI is InChI=1S/C22H25N3O7/c1-14(2)19(24-22(28)31-13-16-8-5-4-6-9-16)21(27)32-15(3)20(26)23-17-10-7-11-18(12-17)25(29)30/h4-12,14-15,19H,13H2,1-3H3,(H,23,26)(H,24,28). The summed E-state index contributed by atoms with van der Waals surface area (Å²) in [4.78, 5) is 47.2. The van der Waals surface area contributed by atoms with Gasteiger partial charge >= 0.3 is 12.1 Å². The molecule has 2 atom stereocenters. The fraction of sp³-hybridized carbons (Fsp3) is 0.318. The number of nitro benzene ring substituents is 1. The third-order valence-electron chi connectivity index (χ3n) is 4.39. The molecule has 0 aliphatic heterocycles. The van der Waals surface area contributed by atoms with E-state index >= 15 is 0 Å². The van der Waals surface area contributed by atoms with E-state index in [1.54, 1.807) is 26.0 Å². The Kier molecular flexibility index (Phi) is 8.70. The number of carbonyl (C=O) groups excluding carboxylic acids is 3. The Morgan fingerprint density at radius 2 is 1.72 bits per heavy atom. The first-order chi connectivity index (χ1) is 15.2. The summed E-state index contributed by atoms with van der Waals surface area (Å²) in [6.45, 7) is 4.80. The SMILES string of the molecule is CC(OC(=O)C(NC(=O)OCc1ccccc1)C(C)C)C(=O)Nc1cccc([N+](=O)[O-])c1. The zero-order valence-electron chi connectivity index (χ0n) is 17.9. The van der Waals surface area contributed by atoms with Crippen LogP contribution >= 0.6 is 0 Å². The van der Waals surface area contributed by atoms with Crippen LogP contribution in [0.25, 0.3) is 0 Å². The fourth-order valence-electron chi connectivity index (χ4n) is 2.63.